The van der Waals surface area contributed by atoms with Gasteiger partial charge in [-0.3, -0.25) is 4.79 Å². The molecule has 0 aliphatic carbocycles. The lowest BCUT2D eigenvalue weighted by Gasteiger charge is -2.16. The van der Waals surface area contributed by atoms with Gasteiger partial charge in [0.05, 0.1) is 12.6 Å². The van der Waals surface area contributed by atoms with Crippen LogP contribution in [0.15, 0.2) is 53.0 Å². The zero-order chi connectivity index (χ0) is 17.4. The molecule has 128 valence electrons. The molecule has 1 atom stereocenters. The Hall–Kier alpha value is -2.01. The van der Waals surface area contributed by atoms with Crippen LogP contribution in [0.25, 0.3) is 0 Å². The smallest absolute Gasteiger partial charge is 0.258 e. The van der Waals surface area contributed by atoms with E-state index in [4.69, 9.17) is 9.47 Å². The first-order valence-electron chi connectivity index (χ1n) is 7.99. The number of rotatable bonds is 8. The zero-order valence-electron chi connectivity index (χ0n) is 13.9. The number of amides is 1. The fourth-order valence-electron chi connectivity index (χ4n) is 2.16. The van der Waals surface area contributed by atoms with Gasteiger partial charge in [-0.05, 0) is 43.2 Å². The van der Waals surface area contributed by atoms with Gasteiger partial charge >= 0.3 is 0 Å². The van der Waals surface area contributed by atoms with Gasteiger partial charge in [-0.15, -0.1) is 0 Å². The van der Waals surface area contributed by atoms with Crippen LogP contribution in [-0.2, 0) is 4.79 Å². The lowest BCUT2D eigenvalue weighted by molar-refractivity contribution is -0.123. The van der Waals surface area contributed by atoms with E-state index in [0.29, 0.717) is 18.1 Å². The molecule has 2 aromatic carbocycles. The molecule has 2 rings (SSSR count). The SMILES string of the molecule is CCCOc1ccccc1OCC(=O)NC(C)c1ccc(Br)cc1. The van der Waals surface area contributed by atoms with Crippen molar-refractivity contribution >= 4 is 21.8 Å². The molecular formula is C19H22BrNO3. The fourth-order valence-corrected chi connectivity index (χ4v) is 2.43. The molecule has 0 fully saturated rings. The third-order valence-corrected chi connectivity index (χ3v) is 3.95. The third kappa shape index (κ3) is 5.57. The molecule has 1 N–H and O–H groups in total. The number of benzene rings is 2. The van der Waals surface area contributed by atoms with E-state index in [1.54, 1.807) is 6.07 Å². The van der Waals surface area contributed by atoms with E-state index in [1.165, 1.54) is 0 Å². The van der Waals surface area contributed by atoms with Gasteiger partial charge in [0.1, 0.15) is 0 Å². The van der Waals surface area contributed by atoms with Gasteiger partial charge in [0.15, 0.2) is 18.1 Å². The van der Waals surface area contributed by atoms with Crippen molar-refractivity contribution < 1.29 is 14.3 Å². The summed E-state index contributed by atoms with van der Waals surface area (Å²) in [5.41, 5.74) is 1.04. The van der Waals surface area contributed by atoms with E-state index >= 15 is 0 Å². The molecule has 24 heavy (non-hydrogen) atoms. The summed E-state index contributed by atoms with van der Waals surface area (Å²) in [5, 5.41) is 2.93. The number of halogens is 1. The van der Waals surface area contributed by atoms with E-state index < -0.39 is 0 Å². The molecule has 1 amide bonds. The summed E-state index contributed by atoms with van der Waals surface area (Å²) in [6.45, 7) is 4.56. The minimum atomic E-state index is -0.171. The molecule has 5 heteroatoms. The van der Waals surface area contributed by atoms with Gasteiger partial charge in [0, 0.05) is 4.47 Å². The first-order chi connectivity index (χ1) is 11.6. The van der Waals surface area contributed by atoms with Gasteiger partial charge in [0.25, 0.3) is 5.91 Å². The topological polar surface area (TPSA) is 47.6 Å². The van der Waals surface area contributed by atoms with Gasteiger partial charge in [-0.1, -0.05) is 47.1 Å². The molecule has 0 saturated heterocycles. The zero-order valence-corrected chi connectivity index (χ0v) is 15.5. The summed E-state index contributed by atoms with van der Waals surface area (Å²) in [6.07, 6.45) is 0.916. The molecular weight excluding hydrogens is 370 g/mol. The molecule has 0 aromatic heterocycles. The highest BCUT2D eigenvalue weighted by Crippen LogP contribution is 2.26. The summed E-state index contributed by atoms with van der Waals surface area (Å²) in [4.78, 5) is 12.1. The van der Waals surface area contributed by atoms with Crippen LogP contribution >= 0.6 is 15.9 Å². The van der Waals surface area contributed by atoms with Crippen molar-refractivity contribution in [1.29, 1.82) is 0 Å². The van der Waals surface area contributed by atoms with E-state index in [2.05, 4.69) is 21.2 Å². The predicted molar refractivity (Wildman–Crippen MR) is 98.4 cm³/mol. The van der Waals surface area contributed by atoms with E-state index in [-0.39, 0.29) is 18.6 Å². The molecule has 2 aromatic rings. The van der Waals surface area contributed by atoms with Crippen molar-refractivity contribution in [3.8, 4) is 11.5 Å². The molecule has 0 saturated carbocycles. The van der Waals surface area contributed by atoms with Crippen molar-refractivity contribution in [3.63, 3.8) is 0 Å². The molecule has 0 heterocycles. The molecule has 0 aliphatic heterocycles. The minimum Gasteiger partial charge on any atom is -0.490 e. The number of hydrogen-bond acceptors (Lipinski definition) is 3. The maximum atomic E-state index is 12.1. The lowest BCUT2D eigenvalue weighted by atomic mass is 10.1. The van der Waals surface area contributed by atoms with Crippen LogP contribution in [0.4, 0.5) is 0 Å². The second kappa shape index (κ2) is 9.33. The predicted octanol–water partition coefficient (Wildman–Crippen LogP) is 4.49. The normalized spacial score (nSPS) is 11.6. The average Bonchev–Trinajstić information content (AvgIpc) is 2.59. The Bertz CT molecular complexity index is 658. The summed E-state index contributed by atoms with van der Waals surface area (Å²) >= 11 is 3.40. The lowest BCUT2D eigenvalue weighted by Crippen LogP contribution is -2.31. The number of para-hydroxylation sites is 2. The minimum absolute atomic E-state index is 0.0482. The van der Waals surface area contributed by atoms with E-state index in [0.717, 1.165) is 16.5 Å². The fraction of sp³-hybridized carbons (Fsp3) is 0.316. The van der Waals surface area contributed by atoms with Gasteiger partial charge in [-0.2, -0.15) is 0 Å². The van der Waals surface area contributed by atoms with Crippen molar-refractivity contribution in [2.75, 3.05) is 13.2 Å². The van der Waals surface area contributed by atoms with Crippen molar-refractivity contribution in [2.24, 2.45) is 0 Å². The molecule has 0 radical (unpaired) electrons. The third-order valence-electron chi connectivity index (χ3n) is 3.42. The van der Waals surface area contributed by atoms with Gasteiger partial charge in [0.2, 0.25) is 0 Å². The Morgan fingerprint density at radius 1 is 1.08 bits per heavy atom. The van der Waals surface area contributed by atoms with Crippen molar-refractivity contribution in [2.45, 2.75) is 26.3 Å². The number of nitrogens with one attached hydrogen (secondary N) is 1. The molecule has 0 aliphatic rings. The second-order valence-corrected chi connectivity index (χ2v) is 6.34. The van der Waals surface area contributed by atoms with Gasteiger partial charge in [-0.25, -0.2) is 0 Å². The number of carbonyl (C=O) groups excluding carboxylic acids is 1. The van der Waals surface area contributed by atoms with Gasteiger partial charge < -0.3 is 14.8 Å². The van der Waals surface area contributed by atoms with E-state index in [9.17, 15) is 4.79 Å². The number of ether oxygens (including phenoxy) is 2. The van der Waals surface area contributed by atoms with Crippen LogP contribution in [0.2, 0.25) is 0 Å². The number of carbonyl (C=O) groups is 1. The second-order valence-electron chi connectivity index (χ2n) is 5.42. The maximum absolute atomic E-state index is 12.1. The van der Waals surface area contributed by atoms with E-state index in [1.807, 2.05) is 56.3 Å². The quantitative estimate of drug-likeness (QED) is 0.720. The summed E-state index contributed by atoms with van der Waals surface area (Å²) < 4.78 is 12.2. The molecule has 4 nitrogen and oxygen atoms in total. The van der Waals surface area contributed by atoms with Crippen LogP contribution in [0.3, 0.4) is 0 Å². The summed E-state index contributed by atoms with van der Waals surface area (Å²) in [7, 11) is 0. The molecule has 0 spiro atoms. The van der Waals surface area contributed by atoms with Crippen molar-refractivity contribution in [1.82, 2.24) is 5.32 Å². The van der Waals surface area contributed by atoms with Crippen LogP contribution in [0.5, 0.6) is 11.5 Å². The average molecular weight is 392 g/mol. The highest BCUT2D eigenvalue weighted by atomic mass is 79.9. The van der Waals surface area contributed by atoms with Crippen LogP contribution in [0.1, 0.15) is 31.9 Å². The highest BCUT2D eigenvalue weighted by molar-refractivity contribution is 9.10. The standard InChI is InChI=1S/C19H22BrNO3/c1-3-12-23-17-6-4-5-7-18(17)24-13-19(22)21-14(2)15-8-10-16(20)11-9-15/h4-11,14H,3,12-13H2,1-2H3,(H,21,22). The first kappa shape index (κ1) is 18.3. The Morgan fingerprint density at radius 2 is 1.71 bits per heavy atom. The first-order valence-corrected chi connectivity index (χ1v) is 8.79. The summed E-state index contributed by atoms with van der Waals surface area (Å²) in [5.74, 6) is 1.07. The molecule has 0 bridgehead atoms. The highest BCUT2D eigenvalue weighted by Gasteiger charge is 2.11. The van der Waals surface area contributed by atoms with Crippen LogP contribution in [-0.4, -0.2) is 19.1 Å². The Balaban J connectivity index is 1.88. The Morgan fingerprint density at radius 3 is 2.33 bits per heavy atom. The maximum Gasteiger partial charge on any atom is 0.258 e. The van der Waals surface area contributed by atoms with Crippen LogP contribution in [0, 0.1) is 0 Å². The van der Waals surface area contributed by atoms with Crippen molar-refractivity contribution in [3.05, 3.63) is 58.6 Å². The summed E-state index contributed by atoms with van der Waals surface area (Å²) in [6, 6.07) is 15.2. The number of hydrogen-bond donors (Lipinski definition) is 1. The largest absolute Gasteiger partial charge is 0.490 e. The monoisotopic (exact) mass is 391 g/mol. The molecule has 1 unspecified atom stereocenters. The Kier molecular flexibility index (Phi) is 7.12. The van der Waals surface area contributed by atoms with Crippen LogP contribution < -0.4 is 14.8 Å². The Labute approximate surface area is 151 Å².